The van der Waals surface area contributed by atoms with Crippen molar-refractivity contribution in [2.24, 2.45) is 0 Å². The molecule has 102 valence electrons. The molecule has 0 aliphatic rings. The summed E-state index contributed by atoms with van der Waals surface area (Å²) in [5.74, 6) is 0. The Bertz CT molecular complexity index is 125. The van der Waals surface area contributed by atoms with Gasteiger partial charge in [-0.05, 0) is 0 Å². The second kappa shape index (κ2) is 13.3. The molecule has 0 saturated carbocycles. The molecule has 0 atom stereocenters. The van der Waals surface area contributed by atoms with Crippen molar-refractivity contribution in [1.82, 2.24) is 5.32 Å². The standard InChI is InChI=1S/C5H15O3P.C4H11NO2/c1-4-7-9(3,6)8-5-2;6-3-1-5-2-4-7/h6,9H,4-5H2,1-3H3;5-7H,1-4H2. The molecule has 0 aromatic carbocycles. The fraction of sp³-hybridized carbons (Fsp3) is 1.00. The number of aliphatic hydroxyl groups is 2. The number of hydrogen-bond acceptors (Lipinski definition) is 6. The van der Waals surface area contributed by atoms with E-state index in [2.05, 4.69) is 5.32 Å². The summed E-state index contributed by atoms with van der Waals surface area (Å²) in [7, 11) is -2.70. The van der Waals surface area contributed by atoms with Gasteiger partial charge >= 0.3 is 55.6 Å². The molecular formula is C9H26NO5P. The van der Waals surface area contributed by atoms with Crippen LogP contribution in [0.15, 0.2) is 0 Å². The maximum Gasteiger partial charge on any atom is 0.0555 e. The maximum absolute atomic E-state index is 9.21. The van der Waals surface area contributed by atoms with E-state index < -0.39 is 7.94 Å². The Morgan fingerprint density at radius 2 is 1.38 bits per heavy atom. The number of nitrogens with one attached hydrogen (secondary N) is 1. The first kappa shape index (κ1) is 18.6. The van der Waals surface area contributed by atoms with Gasteiger partial charge in [-0.2, -0.15) is 0 Å². The van der Waals surface area contributed by atoms with Gasteiger partial charge in [-0.25, -0.2) is 0 Å². The van der Waals surface area contributed by atoms with Gasteiger partial charge in [0.15, 0.2) is 0 Å². The number of hydrogen-bond donors (Lipinski definition) is 4. The van der Waals surface area contributed by atoms with Crippen LogP contribution in [0.25, 0.3) is 0 Å². The van der Waals surface area contributed by atoms with Crippen LogP contribution in [0.5, 0.6) is 0 Å². The summed E-state index contributed by atoms with van der Waals surface area (Å²) >= 11 is 0. The van der Waals surface area contributed by atoms with Gasteiger partial charge in [0.2, 0.25) is 0 Å². The molecule has 0 aliphatic heterocycles. The molecule has 0 fully saturated rings. The normalized spacial score (nSPS) is 11.9. The van der Waals surface area contributed by atoms with E-state index >= 15 is 0 Å². The molecule has 0 unspecified atom stereocenters. The van der Waals surface area contributed by atoms with Crippen LogP contribution < -0.4 is 5.32 Å². The predicted octanol–water partition coefficient (Wildman–Crippen LogP) is -0.263. The van der Waals surface area contributed by atoms with Gasteiger partial charge in [0, 0.05) is 13.1 Å². The van der Waals surface area contributed by atoms with Gasteiger partial charge in [-0.3, -0.25) is 0 Å². The molecular weight excluding hydrogens is 233 g/mol. The Hall–Kier alpha value is 0.190. The Balaban J connectivity index is 0. The van der Waals surface area contributed by atoms with Gasteiger partial charge < -0.3 is 15.5 Å². The van der Waals surface area contributed by atoms with Gasteiger partial charge in [0.05, 0.1) is 13.2 Å². The summed E-state index contributed by atoms with van der Waals surface area (Å²) in [5.41, 5.74) is 0. The van der Waals surface area contributed by atoms with Crippen LogP contribution in [0.4, 0.5) is 0 Å². The molecule has 0 amide bonds. The quantitative estimate of drug-likeness (QED) is 0.354. The van der Waals surface area contributed by atoms with Gasteiger partial charge in [0.1, 0.15) is 0 Å². The van der Waals surface area contributed by atoms with E-state index in [4.69, 9.17) is 19.3 Å². The zero-order valence-corrected chi connectivity index (χ0v) is 11.4. The minimum absolute atomic E-state index is 0.139. The molecule has 16 heavy (non-hydrogen) atoms. The van der Waals surface area contributed by atoms with Gasteiger partial charge in [-0.1, -0.05) is 0 Å². The van der Waals surface area contributed by atoms with Crippen molar-refractivity contribution in [3.05, 3.63) is 0 Å². The minimum Gasteiger partial charge on any atom is -0.395 e. The second-order valence-corrected chi connectivity index (χ2v) is 5.33. The van der Waals surface area contributed by atoms with Gasteiger partial charge in [-0.15, -0.1) is 0 Å². The van der Waals surface area contributed by atoms with Crippen molar-refractivity contribution in [2.75, 3.05) is 46.2 Å². The van der Waals surface area contributed by atoms with E-state index in [0.29, 0.717) is 26.3 Å². The van der Waals surface area contributed by atoms with Crippen LogP contribution >= 0.6 is 7.94 Å². The summed E-state index contributed by atoms with van der Waals surface area (Å²) in [6.45, 7) is 7.72. The van der Waals surface area contributed by atoms with Crippen LogP contribution in [0.1, 0.15) is 13.8 Å². The molecule has 0 saturated heterocycles. The molecule has 0 aromatic heterocycles. The third kappa shape index (κ3) is 16.6. The van der Waals surface area contributed by atoms with E-state index in [0.717, 1.165) is 0 Å². The topological polar surface area (TPSA) is 91.2 Å². The van der Waals surface area contributed by atoms with E-state index in [-0.39, 0.29) is 13.2 Å². The van der Waals surface area contributed by atoms with Crippen LogP contribution in [0.2, 0.25) is 0 Å². The minimum atomic E-state index is -2.70. The molecule has 0 spiro atoms. The van der Waals surface area contributed by atoms with Crippen molar-refractivity contribution in [3.63, 3.8) is 0 Å². The Morgan fingerprint density at radius 1 is 1.00 bits per heavy atom. The fourth-order valence-electron chi connectivity index (χ4n) is 0.860. The van der Waals surface area contributed by atoms with Crippen molar-refractivity contribution in [3.8, 4) is 0 Å². The fourth-order valence-corrected chi connectivity index (χ4v) is 2.01. The predicted molar refractivity (Wildman–Crippen MR) is 66.8 cm³/mol. The molecule has 0 aromatic rings. The summed E-state index contributed by atoms with van der Waals surface area (Å²) in [6.07, 6.45) is 0. The second-order valence-electron chi connectivity index (χ2n) is 2.96. The van der Waals surface area contributed by atoms with E-state index in [1.54, 1.807) is 6.66 Å². The molecule has 0 aliphatic carbocycles. The van der Waals surface area contributed by atoms with E-state index in [1.807, 2.05) is 13.8 Å². The van der Waals surface area contributed by atoms with Crippen molar-refractivity contribution in [2.45, 2.75) is 13.8 Å². The average molecular weight is 259 g/mol. The summed E-state index contributed by atoms with van der Waals surface area (Å²) in [6, 6.07) is 0. The first-order valence-electron chi connectivity index (χ1n) is 5.46. The molecule has 7 heteroatoms. The molecule has 0 heterocycles. The van der Waals surface area contributed by atoms with E-state index in [9.17, 15) is 4.89 Å². The number of aliphatic hydroxyl groups excluding tert-OH is 2. The van der Waals surface area contributed by atoms with Crippen molar-refractivity contribution < 1.29 is 24.2 Å². The van der Waals surface area contributed by atoms with Crippen LogP contribution in [-0.2, 0) is 9.05 Å². The molecule has 6 nitrogen and oxygen atoms in total. The Labute approximate surface area is 98.2 Å². The SMILES string of the molecule is CCO[PH](C)(O)OCC.OCCNCCO. The van der Waals surface area contributed by atoms with Crippen LogP contribution in [-0.4, -0.2) is 61.3 Å². The first-order chi connectivity index (χ1) is 7.54. The summed E-state index contributed by atoms with van der Waals surface area (Å²) < 4.78 is 9.88. The van der Waals surface area contributed by atoms with Crippen molar-refractivity contribution >= 4 is 7.94 Å². The Kier molecular flexibility index (Phi) is 15.4. The third-order valence-electron chi connectivity index (χ3n) is 1.40. The average Bonchev–Trinajstić information content (AvgIpc) is 2.19. The maximum atomic E-state index is 9.21. The zero-order chi connectivity index (χ0) is 12.9. The zero-order valence-electron chi connectivity index (χ0n) is 10.4. The molecule has 0 bridgehead atoms. The van der Waals surface area contributed by atoms with Crippen molar-refractivity contribution in [1.29, 1.82) is 0 Å². The summed E-state index contributed by atoms with van der Waals surface area (Å²) in [4.78, 5) is 9.21. The molecule has 0 radical (unpaired) electrons. The largest absolute Gasteiger partial charge is 0.395 e. The molecule has 0 rings (SSSR count). The number of rotatable bonds is 8. The van der Waals surface area contributed by atoms with E-state index in [1.165, 1.54) is 0 Å². The smallest absolute Gasteiger partial charge is 0.0555 e. The first-order valence-corrected chi connectivity index (χ1v) is 7.73. The van der Waals surface area contributed by atoms with Crippen LogP contribution in [0.3, 0.4) is 0 Å². The van der Waals surface area contributed by atoms with Crippen LogP contribution in [0, 0.1) is 0 Å². The molecule has 4 N–H and O–H groups in total. The van der Waals surface area contributed by atoms with Gasteiger partial charge in [0.25, 0.3) is 0 Å². The Morgan fingerprint density at radius 3 is 1.62 bits per heavy atom. The summed E-state index contributed by atoms with van der Waals surface area (Å²) in [5, 5.41) is 19.1. The third-order valence-corrected chi connectivity index (χ3v) is 3.05. The monoisotopic (exact) mass is 259 g/mol.